The first-order valence-corrected chi connectivity index (χ1v) is 7.17. The highest BCUT2D eigenvalue weighted by atomic mass is 16.5. The number of nitrogens with zero attached hydrogens (tertiary/aromatic N) is 2. The van der Waals surface area contributed by atoms with Gasteiger partial charge < -0.3 is 9.84 Å². The molecule has 20 heavy (non-hydrogen) atoms. The van der Waals surface area contributed by atoms with E-state index in [0.29, 0.717) is 12.1 Å². The Morgan fingerprint density at radius 2 is 2.15 bits per heavy atom. The number of hydrogen-bond acceptors (Lipinski definition) is 4. The van der Waals surface area contributed by atoms with Crippen molar-refractivity contribution >= 4 is 0 Å². The van der Waals surface area contributed by atoms with Gasteiger partial charge in [-0.1, -0.05) is 35.5 Å². The minimum atomic E-state index is 0.387. The highest BCUT2D eigenvalue weighted by Crippen LogP contribution is 2.25. The molecular formula is C16H21N3O. The van der Waals surface area contributed by atoms with Crippen molar-refractivity contribution < 1.29 is 4.52 Å². The van der Waals surface area contributed by atoms with Crippen molar-refractivity contribution in [3.05, 3.63) is 53.4 Å². The van der Waals surface area contributed by atoms with Crippen LogP contribution in [0.15, 0.2) is 40.9 Å². The Kier molecular flexibility index (Phi) is 3.85. The smallest absolute Gasteiger partial charge is 0.150 e. The van der Waals surface area contributed by atoms with Gasteiger partial charge in [-0.25, -0.2) is 0 Å². The maximum Gasteiger partial charge on any atom is 0.150 e. The van der Waals surface area contributed by atoms with E-state index < -0.39 is 0 Å². The van der Waals surface area contributed by atoms with Gasteiger partial charge in [0, 0.05) is 31.2 Å². The number of aromatic nitrogens is 1. The van der Waals surface area contributed by atoms with Crippen molar-refractivity contribution in [2.45, 2.75) is 32.5 Å². The fourth-order valence-corrected chi connectivity index (χ4v) is 2.86. The lowest BCUT2D eigenvalue weighted by atomic mass is 10.0. The molecule has 0 saturated carbocycles. The van der Waals surface area contributed by atoms with Crippen molar-refractivity contribution in [3.8, 4) is 0 Å². The van der Waals surface area contributed by atoms with Gasteiger partial charge in [0.25, 0.3) is 0 Å². The SMILES string of the molecule is Cc1cc(CN2CC(C)NCC2c2ccccc2)on1. The number of nitrogens with one attached hydrogen (secondary N) is 1. The van der Waals surface area contributed by atoms with Crippen molar-refractivity contribution in [2.24, 2.45) is 0 Å². The molecule has 1 aliphatic rings. The third-order valence-corrected chi connectivity index (χ3v) is 3.83. The molecule has 4 heteroatoms. The molecule has 0 radical (unpaired) electrons. The Hall–Kier alpha value is -1.65. The first-order valence-electron chi connectivity index (χ1n) is 7.17. The Balaban J connectivity index is 1.80. The highest BCUT2D eigenvalue weighted by molar-refractivity contribution is 5.20. The lowest BCUT2D eigenvalue weighted by Gasteiger charge is -2.39. The van der Waals surface area contributed by atoms with Crippen LogP contribution < -0.4 is 5.32 Å². The van der Waals surface area contributed by atoms with Crippen LogP contribution in [-0.4, -0.2) is 29.2 Å². The van der Waals surface area contributed by atoms with Crippen LogP contribution >= 0.6 is 0 Å². The first-order chi connectivity index (χ1) is 9.72. The summed E-state index contributed by atoms with van der Waals surface area (Å²) < 4.78 is 5.37. The normalized spacial score (nSPS) is 23.9. The zero-order chi connectivity index (χ0) is 13.9. The number of aryl methyl sites for hydroxylation is 1. The van der Waals surface area contributed by atoms with Crippen LogP contribution in [0.1, 0.15) is 30.0 Å². The molecule has 2 heterocycles. The second-order valence-electron chi connectivity index (χ2n) is 5.60. The molecule has 1 aromatic heterocycles. The number of piperazine rings is 1. The zero-order valence-electron chi connectivity index (χ0n) is 12.0. The quantitative estimate of drug-likeness (QED) is 0.931. The molecular weight excluding hydrogens is 250 g/mol. The minimum absolute atomic E-state index is 0.387. The summed E-state index contributed by atoms with van der Waals surface area (Å²) in [4.78, 5) is 2.47. The van der Waals surface area contributed by atoms with Gasteiger partial charge in [0.15, 0.2) is 5.76 Å². The predicted octanol–water partition coefficient (Wildman–Crippen LogP) is 2.52. The molecule has 2 aromatic rings. The topological polar surface area (TPSA) is 41.3 Å². The Morgan fingerprint density at radius 3 is 2.85 bits per heavy atom. The van der Waals surface area contributed by atoms with E-state index in [-0.39, 0.29) is 0 Å². The van der Waals surface area contributed by atoms with Gasteiger partial charge in [-0.05, 0) is 19.4 Å². The van der Waals surface area contributed by atoms with Crippen LogP contribution in [0.25, 0.3) is 0 Å². The largest absolute Gasteiger partial charge is 0.360 e. The molecule has 0 amide bonds. The third-order valence-electron chi connectivity index (χ3n) is 3.83. The van der Waals surface area contributed by atoms with Crippen LogP contribution in [-0.2, 0) is 6.54 Å². The van der Waals surface area contributed by atoms with Crippen LogP contribution in [0.5, 0.6) is 0 Å². The average molecular weight is 271 g/mol. The molecule has 3 rings (SSSR count). The van der Waals surface area contributed by atoms with Crippen molar-refractivity contribution in [1.29, 1.82) is 0 Å². The van der Waals surface area contributed by atoms with E-state index in [9.17, 15) is 0 Å². The summed E-state index contributed by atoms with van der Waals surface area (Å²) in [6.07, 6.45) is 0. The van der Waals surface area contributed by atoms with Crippen LogP contribution in [0.3, 0.4) is 0 Å². The van der Waals surface area contributed by atoms with Gasteiger partial charge in [-0.15, -0.1) is 0 Å². The van der Waals surface area contributed by atoms with Crippen LogP contribution in [0.4, 0.5) is 0 Å². The average Bonchev–Trinajstić information content (AvgIpc) is 2.85. The fourth-order valence-electron chi connectivity index (χ4n) is 2.86. The third kappa shape index (κ3) is 2.92. The first kappa shape index (κ1) is 13.3. The Bertz CT molecular complexity index is 552. The maximum absolute atomic E-state index is 5.37. The summed E-state index contributed by atoms with van der Waals surface area (Å²) in [6.45, 7) is 6.98. The zero-order valence-corrected chi connectivity index (χ0v) is 12.0. The van der Waals surface area contributed by atoms with E-state index in [1.165, 1.54) is 5.56 Å². The van der Waals surface area contributed by atoms with Gasteiger partial charge in [0.05, 0.1) is 12.2 Å². The standard InChI is InChI=1S/C16H21N3O/c1-12-8-15(20-18-12)11-19-10-13(2)17-9-16(19)14-6-4-3-5-7-14/h3-8,13,16-17H,9-11H2,1-2H3. The lowest BCUT2D eigenvalue weighted by molar-refractivity contribution is 0.115. The van der Waals surface area contributed by atoms with Gasteiger partial charge >= 0.3 is 0 Å². The fraction of sp³-hybridized carbons (Fsp3) is 0.438. The molecule has 1 N–H and O–H groups in total. The van der Waals surface area contributed by atoms with E-state index >= 15 is 0 Å². The molecule has 2 unspecified atom stereocenters. The van der Waals surface area contributed by atoms with E-state index in [1.807, 2.05) is 13.0 Å². The lowest BCUT2D eigenvalue weighted by Crippen LogP contribution is -2.50. The van der Waals surface area contributed by atoms with E-state index in [0.717, 1.165) is 31.1 Å². The molecule has 106 valence electrons. The van der Waals surface area contributed by atoms with Crippen LogP contribution in [0, 0.1) is 6.92 Å². The molecule has 1 saturated heterocycles. The van der Waals surface area contributed by atoms with Crippen molar-refractivity contribution in [3.63, 3.8) is 0 Å². The van der Waals surface area contributed by atoms with E-state index in [2.05, 4.69) is 52.6 Å². The van der Waals surface area contributed by atoms with Gasteiger partial charge in [-0.2, -0.15) is 0 Å². The molecule has 0 spiro atoms. The summed E-state index contributed by atoms with van der Waals surface area (Å²) in [5.74, 6) is 0.942. The van der Waals surface area contributed by atoms with Gasteiger partial charge in [0.1, 0.15) is 0 Å². The van der Waals surface area contributed by atoms with Crippen LogP contribution in [0.2, 0.25) is 0 Å². The molecule has 2 atom stereocenters. The summed E-state index contributed by atoms with van der Waals surface area (Å²) in [5, 5.41) is 7.55. The second-order valence-corrected chi connectivity index (χ2v) is 5.60. The summed E-state index contributed by atoms with van der Waals surface area (Å²) >= 11 is 0. The number of hydrogen-bond donors (Lipinski definition) is 1. The number of benzene rings is 1. The summed E-state index contributed by atoms with van der Waals surface area (Å²) in [6, 6.07) is 13.6. The summed E-state index contributed by atoms with van der Waals surface area (Å²) in [7, 11) is 0. The highest BCUT2D eigenvalue weighted by Gasteiger charge is 2.27. The monoisotopic (exact) mass is 271 g/mol. The van der Waals surface area contributed by atoms with Gasteiger partial charge in [-0.3, -0.25) is 4.90 Å². The maximum atomic E-state index is 5.37. The predicted molar refractivity (Wildman–Crippen MR) is 78.3 cm³/mol. The summed E-state index contributed by atoms with van der Waals surface area (Å²) in [5.41, 5.74) is 2.29. The minimum Gasteiger partial charge on any atom is -0.360 e. The molecule has 1 fully saturated rings. The second kappa shape index (κ2) is 5.77. The van der Waals surface area contributed by atoms with Crippen molar-refractivity contribution in [1.82, 2.24) is 15.4 Å². The molecule has 0 aliphatic carbocycles. The van der Waals surface area contributed by atoms with E-state index in [1.54, 1.807) is 0 Å². The van der Waals surface area contributed by atoms with Gasteiger partial charge in [0.2, 0.25) is 0 Å². The molecule has 0 bridgehead atoms. The Morgan fingerprint density at radius 1 is 1.35 bits per heavy atom. The molecule has 4 nitrogen and oxygen atoms in total. The molecule has 1 aliphatic heterocycles. The van der Waals surface area contributed by atoms with E-state index in [4.69, 9.17) is 4.52 Å². The Labute approximate surface area is 119 Å². The molecule has 1 aromatic carbocycles. The van der Waals surface area contributed by atoms with Crippen molar-refractivity contribution in [2.75, 3.05) is 13.1 Å². The number of rotatable bonds is 3.